The molecule has 5 nitrogen and oxygen atoms in total. The molecule has 2 atom stereocenters. The van der Waals surface area contributed by atoms with Gasteiger partial charge in [0.25, 0.3) is 0 Å². The molecule has 2 N–H and O–H groups in total. The fraction of sp³-hybridized carbons (Fsp3) is 0.556. The summed E-state index contributed by atoms with van der Waals surface area (Å²) in [4.78, 5) is 26.1. The number of carbonyl (C=O) groups excluding carboxylic acids is 2. The van der Waals surface area contributed by atoms with Gasteiger partial charge in [0.15, 0.2) is 0 Å². The van der Waals surface area contributed by atoms with E-state index in [4.69, 9.17) is 0 Å². The van der Waals surface area contributed by atoms with Gasteiger partial charge in [0.2, 0.25) is 5.91 Å². The smallest absolute Gasteiger partial charge is 0.241 e. The normalized spacial score (nSPS) is 24.0. The Morgan fingerprint density at radius 3 is 2.61 bits per heavy atom. The molecule has 2 fully saturated rings. The van der Waals surface area contributed by atoms with Crippen molar-refractivity contribution in [2.45, 2.75) is 39.2 Å². The van der Waals surface area contributed by atoms with Crippen molar-refractivity contribution in [3.8, 4) is 0 Å². The van der Waals surface area contributed by atoms with Gasteiger partial charge in [-0.25, -0.2) is 0 Å². The number of benzene rings is 1. The van der Waals surface area contributed by atoms with Gasteiger partial charge in [-0.05, 0) is 56.9 Å². The van der Waals surface area contributed by atoms with E-state index in [0.29, 0.717) is 13.0 Å². The Bertz CT molecular complexity index is 608. The van der Waals surface area contributed by atoms with E-state index in [1.165, 1.54) is 24.1 Å². The molecule has 0 aliphatic carbocycles. The van der Waals surface area contributed by atoms with Gasteiger partial charge in [0, 0.05) is 36.9 Å². The monoisotopic (exact) mass is 315 g/mol. The van der Waals surface area contributed by atoms with Crippen molar-refractivity contribution in [2.24, 2.45) is 5.92 Å². The van der Waals surface area contributed by atoms with Crippen molar-refractivity contribution in [1.82, 2.24) is 5.32 Å². The van der Waals surface area contributed by atoms with Crippen LogP contribution in [-0.4, -0.2) is 37.4 Å². The van der Waals surface area contributed by atoms with Crippen molar-refractivity contribution >= 4 is 23.1 Å². The zero-order valence-electron chi connectivity index (χ0n) is 13.9. The molecular formula is C18H25N3O2. The zero-order chi connectivity index (χ0) is 16.4. The number of ketones is 1. The van der Waals surface area contributed by atoms with Gasteiger partial charge >= 0.3 is 0 Å². The Kier molecular flexibility index (Phi) is 4.66. The van der Waals surface area contributed by atoms with E-state index in [1.54, 1.807) is 6.92 Å². The number of rotatable bonds is 4. The highest BCUT2D eigenvalue weighted by atomic mass is 16.2. The SMILES string of the molecule is CC(=O)C1CNC(C(=O)Nc2ccc(N3CCCC3)c(C)c2)C1. The Balaban J connectivity index is 1.63. The summed E-state index contributed by atoms with van der Waals surface area (Å²) in [7, 11) is 0. The maximum Gasteiger partial charge on any atom is 0.241 e. The lowest BCUT2D eigenvalue weighted by Crippen LogP contribution is -2.35. The van der Waals surface area contributed by atoms with Crippen molar-refractivity contribution in [3.63, 3.8) is 0 Å². The van der Waals surface area contributed by atoms with Crippen LogP contribution in [0.15, 0.2) is 18.2 Å². The molecule has 2 heterocycles. The van der Waals surface area contributed by atoms with Gasteiger partial charge in [0.1, 0.15) is 5.78 Å². The summed E-state index contributed by atoms with van der Waals surface area (Å²) >= 11 is 0. The number of nitrogens with one attached hydrogen (secondary N) is 2. The van der Waals surface area contributed by atoms with Gasteiger partial charge in [0.05, 0.1) is 6.04 Å². The van der Waals surface area contributed by atoms with E-state index in [1.807, 2.05) is 12.1 Å². The predicted octanol–water partition coefficient (Wildman–Crippen LogP) is 2.10. The quantitative estimate of drug-likeness (QED) is 0.893. The van der Waals surface area contributed by atoms with Gasteiger partial charge in [-0.2, -0.15) is 0 Å². The second-order valence-electron chi connectivity index (χ2n) is 6.69. The van der Waals surface area contributed by atoms with Crippen molar-refractivity contribution in [3.05, 3.63) is 23.8 Å². The van der Waals surface area contributed by atoms with E-state index >= 15 is 0 Å². The van der Waals surface area contributed by atoms with E-state index in [-0.39, 0.29) is 23.7 Å². The number of carbonyl (C=O) groups is 2. The van der Waals surface area contributed by atoms with E-state index in [2.05, 4.69) is 28.5 Å². The highest BCUT2D eigenvalue weighted by molar-refractivity contribution is 5.96. The first-order chi connectivity index (χ1) is 11.0. The van der Waals surface area contributed by atoms with Crippen molar-refractivity contribution in [1.29, 1.82) is 0 Å². The maximum absolute atomic E-state index is 12.3. The maximum atomic E-state index is 12.3. The van der Waals surface area contributed by atoms with Crippen LogP contribution in [0.1, 0.15) is 31.7 Å². The Morgan fingerprint density at radius 1 is 1.26 bits per heavy atom. The van der Waals surface area contributed by atoms with Crippen LogP contribution >= 0.6 is 0 Å². The molecule has 2 aliphatic rings. The molecule has 2 unspecified atom stereocenters. The number of aryl methyl sites for hydroxylation is 1. The summed E-state index contributed by atoms with van der Waals surface area (Å²) in [6, 6.07) is 5.82. The molecule has 23 heavy (non-hydrogen) atoms. The topological polar surface area (TPSA) is 61.4 Å². The first-order valence-electron chi connectivity index (χ1n) is 8.45. The minimum atomic E-state index is -0.275. The number of Topliss-reactive ketones (excluding diaryl/α,β-unsaturated/α-hetero) is 1. The molecule has 0 bridgehead atoms. The average Bonchev–Trinajstić information content (AvgIpc) is 3.19. The lowest BCUT2D eigenvalue weighted by molar-refractivity contribution is -0.120. The molecule has 2 aliphatic heterocycles. The van der Waals surface area contributed by atoms with Gasteiger partial charge in [-0.3, -0.25) is 9.59 Å². The first-order valence-corrected chi connectivity index (χ1v) is 8.45. The highest BCUT2D eigenvalue weighted by Gasteiger charge is 2.31. The minimum Gasteiger partial charge on any atom is -0.371 e. The van der Waals surface area contributed by atoms with Crippen LogP contribution in [0.2, 0.25) is 0 Å². The van der Waals surface area contributed by atoms with Gasteiger partial charge in [-0.15, -0.1) is 0 Å². The third-order valence-corrected chi connectivity index (χ3v) is 4.93. The fourth-order valence-corrected chi connectivity index (χ4v) is 3.52. The van der Waals surface area contributed by atoms with Gasteiger partial charge < -0.3 is 15.5 Å². The van der Waals surface area contributed by atoms with E-state index < -0.39 is 0 Å². The predicted molar refractivity (Wildman–Crippen MR) is 91.8 cm³/mol. The molecule has 1 aromatic rings. The molecule has 2 saturated heterocycles. The number of hydrogen-bond acceptors (Lipinski definition) is 4. The fourth-order valence-electron chi connectivity index (χ4n) is 3.52. The van der Waals surface area contributed by atoms with Crippen LogP contribution in [0.3, 0.4) is 0 Å². The first kappa shape index (κ1) is 16.0. The van der Waals surface area contributed by atoms with Crippen LogP contribution in [0, 0.1) is 12.8 Å². The van der Waals surface area contributed by atoms with Gasteiger partial charge in [-0.1, -0.05) is 0 Å². The number of hydrogen-bond donors (Lipinski definition) is 2. The molecule has 0 radical (unpaired) electrons. The zero-order valence-corrected chi connectivity index (χ0v) is 13.9. The molecule has 124 valence electrons. The third kappa shape index (κ3) is 3.55. The van der Waals surface area contributed by atoms with Crippen molar-refractivity contribution in [2.75, 3.05) is 29.9 Å². The van der Waals surface area contributed by atoms with E-state index in [0.717, 1.165) is 18.8 Å². The minimum absolute atomic E-state index is 0.0370. The van der Waals surface area contributed by atoms with Crippen LogP contribution in [0.5, 0.6) is 0 Å². The Hall–Kier alpha value is -1.88. The summed E-state index contributed by atoms with van der Waals surface area (Å²) in [6.07, 6.45) is 3.09. The third-order valence-electron chi connectivity index (χ3n) is 4.93. The lowest BCUT2D eigenvalue weighted by Gasteiger charge is -2.21. The summed E-state index contributed by atoms with van der Waals surface area (Å²) in [5.74, 6) is 0.0608. The summed E-state index contributed by atoms with van der Waals surface area (Å²) < 4.78 is 0. The van der Waals surface area contributed by atoms with Crippen LogP contribution in [0.4, 0.5) is 11.4 Å². The number of amides is 1. The summed E-state index contributed by atoms with van der Waals surface area (Å²) in [5.41, 5.74) is 3.27. The van der Waals surface area contributed by atoms with Crippen LogP contribution in [0.25, 0.3) is 0 Å². The molecule has 0 spiro atoms. The Morgan fingerprint density at radius 2 is 2.00 bits per heavy atom. The molecule has 0 aromatic heterocycles. The molecular weight excluding hydrogens is 290 g/mol. The molecule has 3 rings (SSSR count). The highest BCUT2D eigenvalue weighted by Crippen LogP contribution is 2.27. The summed E-state index contributed by atoms with van der Waals surface area (Å²) in [6.45, 7) is 6.51. The van der Waals surface area contributed by atoms with Crippen molar-refractivity contribution < 1.29 is 9.59 Å². The van der Waals surface area contributed by atoms with Crippen LogP contribution in [-0.2, 0) is 9.59 Å². The van der Waals surface area contributed by atoms with Crippen LogP contribution < -0.4 is 15.5 Å². The lowest BCUT2D eigenvalue weighted by atomic mass is 10.0. The average molecular weight is 315 g/mol. The Labute approximate surface area is 137 Å². The molecule has 1 aromatic carbocycles. The largest absolute Gasteiger partial charge is 0.371 e. The standard InChI is InChI=1S/C18H25N3O2/c1-12-9-15(5-6-17(12)21-7-3-4-8-21)20-18(23)16-10-14(11-19-16)13(2)22/h5-6,9,14,16,19H,3-4,7-8,10-11H2,1-2H3,(H,20,23). The molecule has 1 amide bonds. The second-order valence-corrected chi connectivity index (χ2v) is 6.69. The van der Waals surface area contributed by atoms with E-state index in [9.17, 15) is 9.59 Å². The second kappa shape index (κ2) is 6.71. The number of nitrogens with zero attached hydrogens (tertiary/aromatic N) is 1. The molecule has 5 heteroatoms. The molecule has 0 saturated carbocycles. The summed E-state index contributed by atoms with van der Waals surface area (Å²) in [5, 5.41) is 6.11. The number of anilines is 2.